The highest BCUT2D eigenvalue weighted by Crippen LogP contribution is 2.31. The Labute approximate surface area is 137 Å². The van der Waals surface area contributed by atoms with E-state index in [0.717, 1.165) is 36.0 Å². The van der Waals surface area contributed by atoms with Crippen LogP contribution in [0.5, 0.6) is 0 Å². The van der Waals surface area contributed by atoms with Crippen LogP contribution in [0.15, 0.2) is 34.7 Å². The topological polar surface area (TPSA) is 59.5 Å². The number of rotatable bonds is 5. The number of nitrogens with zero attached hydrogens (tertiary/aromatic N) is 1. The van der Waals surface area contributed by atoms with Gasteiger partial charge in [-0.2, -0.15) is 0 Å². The van der Waals surface area contributed by atoms with Gasteiger partial charge in [0.1, 0.15) is 11.3 Å². The summed E-state index contributed by atoms with van der Waals surface area (Å²) < 4.78 is 5.94. The van der Waals surface area contributed by atoms with Crippen LogP contribution >= 0.6 is 0 Å². The van der Waals surface area contributed by atoms with Crippen molar-refractivity contribution in [1.82, 2.24) is 4.90 Å². The van der Waals surface area contributed by atoms with Gasteiger partial charge in [0.25, 0.3) is 0 Å². The van der Waals surface area contributed by atoms with Crippen LogP contribution < -0.4 is 5.73 Å². The van der Waals surface area contributed by atoms with Crippen LogP contribution in [0.1, 0.15) is 51.3 Å². The monoisotopic (exact) mass is 314 g/mol. The molecule has 3 atom stereocenters. The molecule has 4 nitrogen and oxygen atoms in total. The van der Waals surface area contributed by atoms with E-state index < -0.39 is 0 Å². The van der Waals surface area contributed by atoms with Crippen LogP contribution in [-0.4, -0.2) is 23.4 Å². The van der Waals surface area contributed by atoms with E-state index in [9.17, 15) is 4.79 Å². The summed E-state index contributed by atoms with van der Waals surface area (Å²) in [6, 6.07) is 10.1. The minimum atomic E-state index is -0.0578. The highest BCUT2D eigenvalue weighted by Gasteiger charge is 2.30. The van der Waals surface area contributed by atoms with Crippen LogP contribution in [0.25, 0.3) is 11.0 Å². The molecule has 1 saturated carbocycles. The number of carbonyl (C=O) groups excluding carboxylic acids is 1. The summed E-state index contributed by atoms with van der Waals surface area (Å²) in [6.07, 6.45) is 3.82. The SMILES string of the molecule is CCN(C(=O)C[C@@H]1CCC[C@H]1N)C(C)c1cc2ccccc2o1. The van der Waals surface area contributed by atoms with Gasteiger partial charge in [-0.3, -0.25) is 4.79 Å². The van der Waals surface area contributed by atoms with Crippen molar-refractivity contribution in [2.24, 2.45) is 11.7 Å². The molecule has 4 heteroatoms. The second-order valence-electron chi connectivity index (χ2n) is 6.60. The van der Waals surface area contributed by atoms with Gasteiger partial charge < -0.3 is 15.1 Å². The summed E-state index contributed by atoms with van der Waals surface area (Å²) in [4.78, 5) is 14.6. The number of benzene rings is 1. The minimum Gasteiger partial charge on any atom is -0.459 e. The molecule has 23 heavy (non-hydrogen) atoms. The minimum absolute atomic E-state index is 0.0578. The van der Waals surface area contributed by atoms with Gasteiger partial charge in [0.2, 0.25) is 5.91 Å². The maximum atomic E-state index is 12.7. The number of hydrogen-bond acceptors (Lipinski definition) is 3. The summed E-state index contributed by atoms with van der Waals surface area (Å²) in [7, 11) is 0. The van der Waals surface area contributed by atoms with Gasteiger partial charge in [-0.15, -0.1) is 0 Å². The number of furan rings is 1. The number of carbonyl (C=O) groups is 1. The predicted octanol–water partition coefficient (Wildman–Crippen LogP) is 3.86. The Hall–Kier alpha value is -1.81. The van der Waals surface area contributed by atoms with Crippen molar-refractivity contribution in [3.8, 4) is 0 Å². The summed E-state index contributed by atoms with van der Waals surface area (Å²) >= 11 is 0. The van der Waals surface area contributed by atoms with E-state index in [4.69, 9.17) is 10.2 Å². The van der Waals surface area contributed by atoms with Gasteiger partial charge in [0.15, 0.2) is 0 Å². The summed E-state index contributed by atoms with van der Waals surface area (Å²) in [6.45, 7) is 4.73. The molecule has 1 fully saturated rings. The Morgan fingerprint density at radius 2 is 2.17 bits per heavy atom. The molecule has 0 radical (unpaired) electrons. The normalized spacial score (nSPS) is 22.4. The fourth-order valence-corrected chi connectivity index (χ4v) is 3.69. The third-order valence-corrected chi connectivity index (χ3v) is 5.14. The van der Waals surface area contributed by atoms with E-state index in [2.05, 4.69) is 0 Å². The van der Waals surface area contributed by atoms with E-state index in [1.807, 2.05) is 49.1 Å². The fourth-order valence-electron chi connectivity index (χ4n) is 3.69. The molecule has 1 unspecified atom stereocenters. The third kappa shape index (κ3) is 3.27. The molecule has 1 amide bonds. The fraction of sp³-hybridized carbons (Fsp3) is 0.526. The van der Waals surface area contributed by atoms with Gasteiger partial charge in [-0.05, 0) is 44.7 Å². The maximum absolute atomic E-state index is 12.7. The van der Waals surface area contributed by atoms with Crippen molar-refractivity contribution < 1.29 is 9.21 Å². The second kappa shape index (κ2) is 6.75. The van der Waals surface area contributed by atoms with E-state index in [0.29, 0.717) is 18.9 Å². The van der Waals surface area contributed by atoms with Crippen LogP contribution in [0, 0.1) is 5.92 Å². The molecular weight excluding hydrogens is 288 g/mol. The van der Waals surface area contributed by atoms with E-state index in [1.54, 1.807) is 0 Å². The van der Waals surface area contributed by atoms with Gasteiger partial charge in [-0.25, -0.2) is 0 Å². The smallest absolute Gasteiger partial charge is 0.223 e. The predicted molar refractivity (Wildman–Crippen MR) is 91.9 cm³/mol. The van der Waals surface area contributed by atoms with Crippen LogP contribution in [0.2, 0.25) is 0 Å². The molecule has 1 aromatic heterocycles. The Balaban J connectivity index is 1.74. The van der Waals surface area contributed by atoms with Gasteiger partial charge in [0, 0.05) is 24.4 Å². The lowest BCUT2D eigenvalue weighted by Gasteiger charge is -2.28. The first-order valence-electron chi connectivity index (χ1n) is 8.63. The molecule has 0 spiro atoms. The molecule has 2 aromatic rings. The molecule has 2 N–H and O–H groups in total. The molecule has 124 valence electrons. The number of hydrogen-bond donors (Lipinski definition) is 1. The van der Waals surface area contributed by atoms with Crippen molar-refractivity contribution in [3.05, 3.63) is 36.1 Å². The first-order chi connectivity index (χ1) is 11.1. The lowest BCUT2D eigenvalue weighted by Crippen LogP contribution is -2.36. The number of para-hydroxylation sites is 1. The molecule has 3 rings (SSSR count). The Morgan fingerprint density at radius 3 is 2.83 bits per heavy atom. The van der Waals surface area contributed by atoms with Crippen molar-refractivity contribution in [3.63, 3.8) is 0 Å². The Kier molecular flexibility index (Phi) is 4.71. The number of nitrogens with two attached hydrogens (primary N) is 1. The summed E-state index contributed by atoms with van der Waals surface area (Å²) in [5.41, 5.74) is 6.99. The quantitative estimate of drug-likeness (QED) is 0.911. The molecular formula is C19H26N2O2. The molecule has 0 saturated heterocycles. The molecule has 1 aliphatic carbocycles. The lowest BCUT2D eigenvalue weighted by atomic mass is 9.99. The second-order valence-corrected chi connectivity index (χ2v) is 6.60. The highest BCUT2D eigenvalue weighted by atomic mass is 16.3. The first kappa shape index (κ1) is 16.1. The van der Waals surface area contributed by atoms with Crippen molar-refractivity contribution in [2.75, 3.05) is 6.54 Å². The van der Waals surface area contributed by atoms with E-state index in [1.165, 1.54) is 0 Å². The average Bonchev–Trinajstić information content (AvgIpc) is 3.14. The molecule has 1 aromatic carbocycles. The summed E-state index contributed by atoms with van der Waals surface area (Å²) in [5.74, 6) is 1.36. The Morgan fingerprint density at radius 1 is 1.39 bits per heavy atom. The summed E-state index contributed by atoms with van der Waals surface area (Å²) in [5, 5.41) is 1.08. The number of fused-ring (bicyclic) bond motifs is 1. The zero-order chi connectivity index (χ0) is 16.4. The van der Waals surface area contributed by atoms with Crippen LogP contribution in [0.3, 0.4) is 0 Å². The lowest BCUT2D eigenvalue weighted by molar-refractivity contribution is -0.134. The van der Waals surface area contributed by atoms with E-state index in [-0.39, 0.29) is 18.0 Å². The highest BCUT2D eigenvalue weighted by molar-refractivity contribution is 5.79. The van der Waals surface area contributed by atoms with Gasteiger partial charge in [-0.1, -0.05) is 24.6 Å². The van der Waals surface area contributed by atoms with Gasteiger partial charge >= 0.3 is 0 Å². The van der Waals surface area contributed by atoms with E-state index >= 15 is 0 Å². The molecule has 1 heterocycles. The molecule has 1 aliphatic rings. The number of amides is 1. The van der Waals surface area contributed by atoms with Crippen molar-refractivity contribution in [2.45, 2.75) is 51.6 Å². The third-order valence-electron chi connectivity index (χ3n) is 5.14. The van der Waals surface area contributed by atoms with Crippen molar-refractivity contribution in [1.29, 1.82) is 0 Å². The maximum Gasteiger partial charge on any atom is 0.223 e. The zero-order valence-corrected chi connectivity index (χ0v) is 14.0. The molecule has 0 bridgehead atoms. The van der Waals surface area contributed by atoms with Crippen LogP contribution in [-0.2, 0) is 4.79 Å². The standard InChI is InChI=1S/C19H26N2O2/c1-3-21(19(22)12-14-8-6-9-16(14)20)13(2)18-11-15-7-4-5-10-17(15)23-18/h4-5,7,10-11,13-14,16H,3,6,8-9,12,20H2,1-2H3/t13?,14-,16+/m0/s1. The zero-order valence-electron chi connectivity index (χ0n) is 14.0. The first-order valence-corrected chi connectivity index (χ1v) is 8.63. The molecule has 0 aliphatic heterocycles. The average molecular weight is 314 g/mol. The van der Waals surface area contributed by atoms with Crippen LogP contribution in [0.4, 0.5) is 0 Å². The van der Waals surface area contributed by atoms with Gasteiger partial charge in [0.05, 0.1) is 6.04 Å². The van der Waals surface area contributed by atoms with Crippen molar-refractivity contribution >= 4 is 16.9 Å². The largest absolute Gasteiger partial charge is 0.459 e. The Bertz CT molecular complexity index is 646.